The zero-order valence-electron chi connectivity index (χ0n) is 11.5. The molecular weight excluding hydrogens is 376 g/mol. The molecule has 2 aromatic rings. The van der Waals surface area contributed by atoms with Crippen molar-refractivity contribution in [1.29, 1.82) is 0 Å². The lowest BCUT2D eigenvalue weighted by Gasteiger charge is -2.12. The van der Waals surface area contributed by atoms with Crippen molar-refractivity contribution in [2.24, 2.45) is 0 Å². The van der Waals surface area contributed by atoms with Crippen LogP contribution >= 0.6 is 23.2 Å². The van der Waals surface area contributed by atoms with Crippen molar-refractivity contribution in [2.45, 2.75) is 12.9 Å². The second-order valence-corrected chi connectivity index (χ2v) is 5.27. The fourth-order valence-electron chi connectivity index (χ4n) is 1.68. The largest absolute Gasteiger partial charge is 0.440 e. The highest BCUT2D eigenvalue weighted by atomic mass is 35.5. The van der Waals surface area contributed by atoms with Gasteiger partial charge in [-0.3, -0.25) is 14.3 Å². The van der Waals surface area contributed by atoms with Crippen LogP contribution in [0.2, 0.25) is 10.0 Å². The average molecular weight is 383 g/mol. The molecule has 0 spiro atoms. The number of benzene rings is 1. The van der Waals surface area contributed by atoms with E-state index in [-0.39, 0.29) is 0 Å². The first-order valence-corrected chi connectivity index (χ1v) is 6.88. The number of carbonyl (C=O) groups excluding carboxylic acids is 1. The van der Waals surface area contributed by atoms with Crippen molar-refractivity contribution >= 4 is 29.2 Å². The number of rotatable bonds is 3. The summed E-state index contributed by atoms with van der Waals surface area (Å²) in [4.78, 5) is 36.2. The summed E-state index contributed by atoms with van der Waals surface area (Å²) in [5, 5.41) is -1.10. The second-order valence-electron chi connectivity index (χ2n) is 4.45. The van der Waals surface area contributed by atoms with E-state index in [0.29, 0.717) is 12.1 Å². The molecule has 0 atom stereocenters. The zero-order valence-corrected chi connectivity index (χ0v) is 13.0. The Labute approximate surface area is 141 Å². The number of nitrogens with zero attached hydrogens (tertiary/aromatic N) is 1. The summed E-state index contributed by atoms with van der Waals surface area (Å²) < 4.78 is 43.5. The van der Waals surface area contributed by atoms with Crippen molar-refractivity contribution in [3.05, 3.63) is 66.4 Å². The van der Waals surface area contributed by atoms with Crippen molar-refractivity contribution in [3.8, 4) is 0 Å². The number of aromatic amines is 1. The van der Waals surface area contributed by atoms with E-state index in [1.807, 2.05) is 4.98 Å². The molecule has 0 unspecified atom stereocenters. The molecule has 0 saturated carbocycles. The van der Waals surface area contributed by atoms with Gasteiger partial charge in [-0.05, 0) is 12.1 Å². The predicted molar refractivity (Wildman–Crippen MR) is 78.2 cm³/mol. The summed E-state index contributed by atoms with van der Waals surface area (Å²) in [5.41, 5.74) is -3.06. The first-order chi connectivity index (χ1) is 11.1. The molecule has 2 rings (SSSR count). The van der Waals surface area contributed by atoms with Crippen LogP contribution in [0.15, 0.2) is 34.0 Å². The molecule has 1 N–H and O–H groups in total. The molecule has 0 bridgehead atoms. The molecule has 1 aromatic carbocycles. The van der Waals surface area contributed by atoms with Gasteiger partial charge in [-0.15, -0.1) is 0 Å². The van der Waals surface area contributed by atoms with E-state index in [4.69, 9.17) is 27.9 Å². The second kappa shape index (κ2) is 6.70. The third kappa shape index (κ3) is 3.98. The highest BCUT2D eigenvalue weighted by molar-refractivity contribution is 6.39. The van der Waals surface area contributed by atoms with Gasteiger partial charge in [-0.2, -0.15) is 13.2 Å². The van der Waals surface area contributed by atoms with Crippen LogP contribution in [0.3, 0.4) is 0 Å². The average Bonchev–Trinajstić information content (AvgIpc) is 2.44. The first kappa shape index (κ1) is 18.1. The van der Waals surface area contributed by atoms with Gasteiger partial charge in [0.05, 0.1) is 21.2 Å². The number of ether oxygens (including phenoxy) is 1. The predicted octanol–water partition coefficient (Wildman–Crippen LogP) is 2.68. The number of nitrogens with one attached hydrogen (secondary N) is 1. The maximum atomic E-state index is 12.6. The van der Waals surface area contributed by atoms with Crippen LogP contribution in [0.4, 0.5) is 13.2 Å². The van der Waals surface area contributed by atoms with Gasteiger partial charge in [0.25, 0.3) is 5.56 Å². The number of aromatic nitrogens is 2. The number of halogens is 5. The van der Waals surface area contributed by atoms with Gasteiger partial charge in [0.15, 0.2) is 6.73 Å². The third-order valence-corrected chi connectivity index (χ3v) is 3.40. The normalized spacial score (nSPS) is 11.4. The van der Waals surface area contributed by atoms with Gasteiger partial charge in [-0.1, -0.05) is 23.2 Å². The molecule has 0 amide bonds. The van der Waals surface area contributed by atoms with Gasteiger partial charge in [0, 0.05) is 12.3 Å². The summed E-state index contributed by atoms with van der Waals surface area (Å²) in [6, 6.07) is 2.10. The molecule has 0 aliphatic heterocycles. The van der Waals surface area contributed by atoms with E-state index >= 15 is 0 Å². The molecular formula is C13H7Cl2F3N2O4. The van der Waals surface area contributed by atoms with Crippen LogP contribution in [0, 0.1) is 0 Å². The molecule has 6 nitrogen and oxygen atoms in total. The monoisotopic (exact) mass is 382 g/mol. The Morgan fingerprint density at radius 1 is 1.21 bits per heavy atom. The number of alkyl halides is 3. The van der Waals surface area contributed by atoms with Gasteiger partial charge in [0.1, 0.15) is 0 Å². The van der Waals surface area contributed by atoms with Crippen molar-refractivity contribution in [1.82, 2.24) is 9.55 Å². The standard InChI is InChI=1S/C13H7Cl2F3N2O4/c14-7-3-6(13(16,17)18)4-8(15)10(7)11(22)24-5-20-2-1-9(21)19-12(20)23/h1-4H,5H2,(H,19,21,23). The minimum atomic E-state index is -4.68. The summed E-state index contributed by atoms with van der Waals surface area (Å²) in [6.45, 7) is -0.595. The number of H-pyrrole nitrogens is 1. The van der Waals surface area contributed by atoms with Crippen LogP contribution in [-0.4, -0.2) is 15.5 Å². The van der Waals surface area contributed by atoms with E-state index in [0.717, 1.165) is 16.8 Å². The zero-order chi connectivity index (χ0) is 18.1. The minimum Gasteiger partial charge on any atom is -0.440 e. The van der Waals surface area contributed by atoms with Crippen molar-refractivity contribution < 1.29 is 22.7 Å². The summed E-state index contributed by atoms with van der Waals surface area (Å²) in [6.07, 6.45) is -3.61. The Morgan fingerprint density at radius 3 is 2.29 bits per heavy atom. The highest BCUT2D eigenvalue weighted by Crippen LogP contribution is 2.36. The lowest BCUT2D eigenvalue weighted by Crippen LogP contribution is -2.30. The quantitative estimate of drug-likeness (QED) is 0.827. The van der Waals surface area contributed by atoms with E-state index in [1.165, 1.54) is 0 Å². The molecule has 128 valence electrons. The molecule has 1 heterocycles. The summed E-state index contributed by atoms with van der Waals surface area (Å²) in [7, 11) is 0. The number of hydrogen-bond acceptors (Lipinski definition) is 4. The molecule has 11 heteroatoms. The minimum absolute atomic E-state index is 0.469. The Morgan fingerprint density at radius 2 is 1.79 bits per heavy atom. The van der Waals surface area contributed by atoms with Crippen molar-refractivity contribution in [3.63, 3.8) is 0 Å². The number of hydrogen-bond donors (Lipinski definition) is 1. The number of carbonyl (C=O) groups is 1. The summed E-state index contributed by atoms with van der Waals surface area (Å²) >= 11 is 11.3. The Kier molecular flexibility index (Phi) is 5.05. The van der Waals surface area contributed by atoms with E-state index in [2.05, 4.69) is 0 Å². The van der Waals surface area contributed by atoms with Gasteiger partial charge < -0.3 is 4.74 Å². The van der Waals surface area contributed by atoms with E-state index in [1.54, 1.807) is 0 Å². The van der Waals surface area contributed by atoms with Gasteiger partial charge in [-0.25, -0.2) is 9.59 Å². The fraction of sp³-hybridized carbons (Fsp3) is 0.154. The molecule has 0 aliphatic rings. The Balaban J connectivity index is 2.24. The van der Waals surface area contributed by atoms with E-state index in [9.17, 15) is 27.6 Å². The Hall–Kier alpha value is -2.26. The van der Waals surface area contributed by atoms with Gasteiger partial charge in [0.2, 0.25) is 0 Å². The first-order valence-electron chi connectivity index (χ1n) is 6.12. The fourth-order valence-corrected chi connectivity index (χ4v) is 2.32. The molecule has 0 fully saturated rings. The smallest absolute Gasteiger partial charge is 0.416 e. The maximum absolute atomic E-state index is 12.6. The Bertz CT molecular complexity index is 882. The number of esters is 1. The van der Waals surface area contributed by atoms with Gasteiger partial charge >= 0.3 is 17.8 Å². The maximum Gasteiger partial charge on any atom is 0.416 e. The molecule has 0 saturated heterocycles. The lowest BCUT2D eigenvalue weighted by atomic mass is 10.1. The lowest BCUT2D eigenvalue weighted by molar-refractivity contribution is -0.137. The molecule has 0 radical (unpaired) electrons. The SMILES string of the molecule is O=C(OCn1ccc(=O)[nH]c1=O)c1c(Cl)cc(C(F)(F)F)cc1Cl. The van der Waals surface area contributed by atoms with Crippen LogP contribution in [0.5, 0.6) is 0 Å². The van der Waals surface area contributed by atoms with Crippen LogP contribution in [0.1, 0.15) is 15.9 Å². The van der Waals surface area contributed by atoms with Crippen molar-refractivity contribution in [2.75, 3.05) is 0 Å². The van der Waals surface area contributed by atoms with Crippen LogP contribution < -0.4 is 11.2 Å². The highest BCUT2D eigenvalue weighted by Gasteiger charge is 2.33. The third-order valence-electron chi connectivity index (χ3n) is 2.81. The van der Waals surface area contributed by atoms with Crippen LogP contribution in [0.25, 0.3) is 0 Å². The van der Waals surface area contributed by atoms with E-state index < -0.39 is 51.3 Å². The molecule has 0 aliphatic carbocycles. The molecule has 24 heavy (non-hydrogen) atoms. The molecule has 1 aromatic heterocycles. The topological polar surface area (TPSA) is 81.2 Å². The summed E-state index contributed by atoms with van der Waals surface area (Å²) in [5.74, 6) is -1.13. The van der Waals surface area contributed by atoms with Crippen LogP contribution in [-0.2, 0) is 17.6 Å².